The molecule has 0 heterocycles. The number of thioether (sulfide) groups is 1. The SMILES string of the molecule is Cc1ccc(OCCSCC(=O)Nc2ccccc2Br)cc1. The highest BCUT2D eigenvalue weighted by molar-refractivity contribution is 9.10. The number of ether oxygens (including phenoxy) is 1. The topological polar surface area (TPSA) is 38.3 Å². The van der Waals surface area contributed by atoms with Crippen LogP contribution in [0, 0.1) is 6.92 Å². The van der Waals surface area contributed by atoms with E-state index in [1.807, 2.05) is 55.5 Å². The first-order valence-corrected chi connectivity index (χ1v) is 8.91. The van der Waals surface area contributed by atoms with Crippen molar-refractivity contribution < 1.29 is 9.53 Å². The summed E-state index contributed by atoms with van der Waals surface area (Å²) in [6, 6.07) is 15.5. The number of para-hydroxylation sites is 1. The van der Waals surface area contributed by atoms with Crippen LogP contribution >= 0.6 is 27.7 Å². The number of amides is 1. The van der Waals surface area contributed by atoms with Crippen LogP contribution in [0.25, 0.3) is 0 Å². The Morgan fingerprint density at radius 3 is 2.64 bits per heavy atom. The molecule has 0 aliphatic heterocycles. The molecule has 0 aromatic heterocycles. The molecule has 0 bridgehead atoms. The van der Waals surface area contributed by atoms with Crippen molar-refractivity contribution in [2.75, 3.05) is 23.4 Å². The summed E-state index contributed by atoms with van der Waals surface area (Å²) in [6.45, 7) is 2.64. The summed E-state index contributed by atoms with van der Waals surface area (Å²) >= 11 is 4.96. The quantitative estimate of drug-likeness (QED) is 0.719. The zero-order valence-electron chi connectivity index (χ0n) is 12.3. The van der Waals surface area contributed by atoms with E-state index in [1.165, 1.54) is 5.56 Å². The average Bonchev–Trinajstić information content (AvgIpc) is 2.51. The number of carbonyl (C=O) groups excluding carboxylic acids is 1. The average molecular weight is 380 g/mol. The van der Waals surface area contributed by atoms with Gasteiger partial charge in [0.15, 0.2) is 0 Å². The molecule has 0 saturated carbocycles. The maximum absolute atomic E-state index is 11.8. The summed E-state index contributed by atoms with van der Waals surface area (Å²) in [4.78, 5) is 11.8. The largest absolute Gasteiger partial charge is 0.493 e. The molecule has 1 amide bonds. The summed E-state index contributed by atoms with van der Waals surface area (Å²) in [7, 11) is 0. The van der Waals surface area contributed by atoms with Gasteiger partial charge in [0.25, 0.3) is 0 Å². The molecule has 0 unspecified atom stereocenters. The fourth-order valence-corrected chi connectivity index (χ4v) is 2.75. The van der Waals surface area contributed by atoms with Gasteiger partial charge in [-0.1, -0.05) is 29.8 Å². The smallest absolute Gasteiger partial charge is 0.234 e. The van der Waals surface area contributed by atoms with E-state index < -0.39 is 0 Å². The van der Waals surface area contributed by atoms with Gasteiger partial charge in [-0.25, -0.2) is 0 Å². The van der Waals surface area contributed by atoms with E-state index in [4.69, 9.17) is 4.74 Å². The lowest BCUT2D eigenvalue weighted by Crippen LogP contribution is -2.15. The molecule has 0 saturated heterocycles. The van der Waals surface area contributed by atoms with Crippen molar-refractivity contribution >= 4 is 39.3 Å². The molecule has 0 spiro atoms. The maximum Gasteiger partial charge on any atom is 0.234 e. The Kier molecular flexibility index (Phi) is 6.80. The Morgan fingerprint density at radius 2 is 1.91 bits per heavy atom. The molecule has 2 aromatic rings. The normalized spacial score (nSPS) is 10.3. The minimum Gasteiger partial charge on any atom is -0.493 e. The highest BCUT2D eigenvalue weighted by Gasteiger charge is 2.05. The Labute approximate surface area is 143 Å². The third-order valence-corrected chi connectivity index (χ3v) is 4.51. The number of halogens is 1. The summed E-state index contributed by atoms with van der Waals surface area (Å²) in [5.41, 5.74) is 2.01. The van der Waals surface area contributed by atoms with Gasteiger partial charge in [0.1, 0.15) is 5.75 Å². The van der Waals surface area contributed by atoms with Gasteiger partial charge in [0, 0.05) is 10.2 Å². The fraction of sp³-hybridized carbons (Fsp3) is 0.235. The van der Waals surface area contributed by atoms with Crippen LogP contribution < -0.4 is 10.1 Å². The van der Waals surface area contributed by atoms with Crippen LogP contribution in [0.2, 0.25) is 0 Å². The zero-order valence-corrected chi connectivity index (χ0v) is 14.7. The number of hydrogen-bond acceptors (Lipinski definition) is 3. The van der Waals surface area contributed by atoms with Gasteiger partial charge in [-0.15, -0.1) is 11.8 Å². The molecule has 0 radical (unpaired) electrons. The van der Waals surface area contributed by atoms with E-state index >= 15 is 0 Å². The van der Waals surface area contributed by atoms with Crippen LogP contribution in [0.5, 0.6) is 5.75 Å². The van der Waals surface area contributed by atoms with E-state index in [2.05, 4.69) is 21.2 Å². The standard InChI is InChI=1S/C17H18BrNO2S/c1-13-6-8-14(9-7-13)21-10-11-22-12-17(20)19-16-5-3-2-4-15(16)18/h2-9H,10-12H2,1H3,(H,19,20). The van der Waals surface area contributed by atoms with E-state index in [0.717, 1.165) is 21.7 Å². The van der Waals surface area contributed by atoms with E-state index in [1.54, 1.807) is 11.8 Å². The monoisotopic (exact) mass is 379 g/mol. The molecule has 2 rings (SSSR count). The highest BCUT2D eigenvalue weighted by atomic mass is 79.9. The van der Waals surface area contributed by atoms with Crippen LogP contribution in [-0.2, 0) is 4.79 Å². The lowest BCUT2D eigenvalue weighted by Gasteiger charge is -2.08. The van der Waals surface area contributed by atoms with Crippen LogP contribution in [0.15, 0.2) is 53.0 Å². The maximum atomic E-state index is 11.8. The lowest BCUT2D eigenvalue weighted by molar-refractivity contribution is -0.113. The van der Waals surface area contributed by atoms with Gasteiger partial charge in [0.2, 0.25) is 5.91 Å². The molecule has 2 aromatic carbocycles. The Morgan fingerprint density at radius 1 is 1.18 bits per heavy atom. The van der Waals surface area contributed by atoms with Crippen LogP contribution in [0.3, 0.4) is 0 Å². The minimum atomic E-state index is -0.00719. The molecule has 0 atom stereocenters. The van der Waals surface area contributed by atoms with Crippen molar-refractivity contribution in [1.82, 2.24) is 0 Å². The van der Waals surface area contributed by atoms with Gasteiger partial charge in [-0.3, -0.25) is 4.79 Å². The predicted octanol–water partition coefficient (Wildman–Crippen LogP) is 4.51. The molecular weight excluding hydrogens is 362 g/mol. The van der Waals surface area contributed by atoms with Crippen molar-refractivity contribution in [2.24, 2.45) is 0 Å². The van der Waals surface area contributed by atoms with E-state index in [0.29, 0.717) is 12.4 Å². The van der Waals surface area contributed by atoms with Crippen molar-refractivity contribution in [3.05, 3.63) is 58.6 Å². The minimum absolute atomic E-state index is 0.00719. The molecule has 0 aliphatic rings. The van der Waals surface area contributed by atoms with Crippen molar-refractivity contribution in [3.8, 4) is 5.75 Å². The van der Waals surface area contributed by atoms with Crippen LogP contribution in [0.1, 0.15) is 5.56 Å². The fourth-order valence-electron chi connectivity index (χ4n) is 1.77. The highest BCUT2D eigenvalue weighted by Crippen LogP contribution is 2.21. The van der Waals surface area contributed by atoms with Gasteiger partial charge < -0.3 is 10.1 Å². The second-order valence-corrected chi connectivity index (χ2v) is 6.70. The van der Waals surface area contributed by atoms with Gasteiger partial charge in [-0.2, -0.15) is 0 Å². The molecule has 116 valence electrons. The molecule has 0 aliphatic carbocycles. The Bertz CT molecular complexity index is 616. The van der Waals surface area contributed by atoms with E-state index in [9.17, 15) is 4.79 Å². The number of aryl methyl sites for hydroxylation is 1. The molecule has 1 N–H and O–H groups in total. The predicted molar refractivity (Wildman–Crippen MR) is 96.8 cm³/mol. The summed E-state index contributed by atoms with van der Waals surface area (Å²) in [5.74, 6) is 2.05. The molecule has 22 heavy (non-hydrogen) atoms. The lowest BCUT2D eigenvalue weighted by atomic mass is 10.2. The number of nitrogens with one attached hydrogen (secondary N) is 1. The number of rotatable bonds is 7. The second kappa shape index (κ2) is 8.86. The second-order valence-electron chi connectivity index (χ2n) is 4.74. The van der Waals surface area contributed by atoms with E-state index in [-0.39, 0.29) is 5.91 Å². The van der Waals surface area contributed by atoms with Crippen LogP contribution in [0.4, 0.5) is 5.69 Å². The molecule has 5 heteroatoms. The molecular formula is C17H18BrNO2S. The number of carbonyl (C=O) groups is 1. The number of benzene rings is 2. The number of anilines is 1. The first kappa shape index (κ1) is 16.9. The first-order valence-electron chi connectivity index (χ1n) is 6.97. The third kappa shape index (κ3) is 5.73. The van der Waals surface area contributed by atoms with Gasteiger partial charge >= 0.3 is 0 Å². The Balaban J connectivity index is 1.63. The first-order chi connectivity index (χ1) is 10.6. The Hall–Kier alpha value is -1.46. The van der Waals surface area contributed by atoms with Crippen molar-refractivity contribution in [3.63, 3.8) is 0 Å². The summed E-state index contributed by atoms with van der Waals surface area (Å²) < 4.78 is 6.51. The summed E-state index contributed by atoms with van der Waals surface area (Å²) in [6.07, 6.45) is 0. The van der Waals surface area contributed by atoms with Gasteiger partial charge in [0.05, 0.1) is 18.0 Å². The van der Waals surface area contributed by atoms with Crippen LogP contribution in [-0.4, -0.2) is 24.0 Å². The summed E-state index contributed by atoms with van der Waals surface area (Å²) in [5, 5.41) is 2.88. The zero-order chi connectivity index (χ0) is 15.8. The molecule has 3 nitrogen and oxygen atoms in total. The van der Waals surface area contributed by atoms with Crippen molar-refractivity contribution in [2.45, 2.75) is 6.92 Å². The molecule has 0 fully saturated rings. The van der Waals surface area contributed by atoms with Crippen molar-refractivity contribution in [1.29, 1.82) is 0 Å². The van der Waals surface area contributed by atoms with Gasteiger partial charge in [-0.05, 0) is 47.1 Å². The third-order valence-electron chi connectivity index (χ3n) is 2.90. The number of hydrogen-bond donors (Lipinski definition) is 1.